The van der Waals surface area contributed by atoms with Crippen molar-refractivity contribution >= 4 is 26.0 Å². The van der Waals surface area contributed by atoms with Crippen molar-refractivity contribution in [3.63, 3.8) is 0 Å². The molecule has 0 aliphatic carbocycles. The van der Waals surface area contributed by atoms with E-state index in [9.17, 15) is 21.6 Å². The van der Waals surface area contributed by atoms with E-state index in [1.54, 1.807) is 0 Å². The maximum Gasteiger partial charge on any atom is 0.334 e. The summed E-state index contributed by atoms with van der Waals surface area (Å²) < 4.78 is 50.8. The number of hydrogen-bond donors (Lipinski definition) is 0. The minimum absolute atomic E-state index is 0.000833. The second kappa shape index (κ2) is 5.81. The van der Waals surface area contributed by atoms with Crippen LogP contribution in [-0.2, 0) is 29.6 Å². The highest BCUT2D eigenvalue weighted by Crippen LogP contribution is 2.16. The number of nitrogens with zero attached hydrogens (tertiary/aromatic N) is 1. The fraction of sp³-hybridized carbons (Fsp3) is 0.667. The third-order valence-electron chi connectivity index (χ3n) is 1.83. The second-order valence-corrected chi connectivity index (χ2v) is 7.75. The lowest BCUT2D eigenvalue weighted by Crippen LogP contribution is -2.45. The van der Waals surface area contributed by atoms with Gasteiger partial charge in [0.2, 0.25) is 20.0 Å². The van der Waals surface area contributed by atoms with Gasteiger partial charge in [-0.1, -0.05) is 17.2 Å². The molecule has 0 aromatic rings. The molecule has 0 aromatic heterocycles. The Labute approximate surface area is 108 Å². The van der Waals surface area contributed by atoms with Crippen LogP contribution in [0.2, 0.25) is 0 Å². The molecule has 0 aliphatic heterocycles. The van der Waals surface area contributed by atoms with Crippen molar-refractivity contribution in [2.75, 3.05) is 12.5 Å². The molecule has 0 spiro atoms. The summed E-state index contributed by atoms with van der Waals surface area (Å²) in [5.74, 6) is -0.848. The van der Waals surface area contributed by atoms with Crippen molar-refractivity contribution in [1.29, 1.82) is 0 Å². The third-order valence-corrected chi connectivity index (χ3v) is 5.23. The Kier molecular flexibility index (Phi) is 5.51. The highest BCUT2D eigenvalue weighted by Gasteiger charge is 2.36. The van der Waals surface area contributed by atoms with E-state index in [-0.39, 0.29) is 15.7 Å². The number of ether oxygens (including phenoxy) is 1. The molecule has 0 rings (SSSR count). The topological polar surface area (TPSA) is 97.8 Å². The van der Waals surface area contributed by atoms with Crippen LogP contribution in [0.1, 0.15) is 20.3 Å². The molecule has 9 heteroatoms. The molecule has 0 radical (unpaired) electrons. The van der Waals surface area contributed by atoms with E-state index in [1.165, 1.54) is 13.8 Å². The van der Waals surface area contributed by atoms with Gasteiger partial charge in [-0.2, -0.15) is 0 Å². The summed E-state index contributed by atoms with van der Waals surface area (Å²) in [5, 5.41) is 0. The molecule has 18 heavy (non-hydrogen) atoms. The Morgan fingerprint density at radius 1 is 1.22 bits per heavy atom. The predicted octanol–water partition coefficient (Wildman–Crippen LogP) is 0.0630. The third kappa shape index (κ3) is 4.75. The summed E-state index contributed by atoms with van der Waals surface area (Å²) in [6.07, 6.45) is 0.0506. The van der Waals surface area contributed by atoms with Crippen molar-refractivity contribution in [2.24, 2.45) is 0 Å². The van der Waals surface area contributed by atoms with Crippen LogP contribution in [0.25, 0.3) is 0 Å². The minimum atomic E-state index is -4.07. The molecule has 1 atom stereocenters. The van der Waals surface area contributed by atoms with Gasteiger partial charge in [0.1, 0.15) is 0 Å². The van der Waals surface area contributed by atoms with Gasteiger partial charge in [0.25, 0.3) is 0 Å². The molecule has 0 fully saturated rings. The maximum atomic E-state index is 11.5. The largest absolute Gasteiger partial charge is 0.441 e. The predicted molar refractivity (Wildman–Crippen MR) is 66.5 cm³/mol. The summed E-state index contributed by atoms with van der Waals surface area (Å²) in [7, 11) is -8.13. The van der Waals surface area contributed by atoms with Gasteiger partial charge in [-0.15, -0.1) is 0 Å². The first kappa shape index (κ1) is 17.1. The summed E-state index contributed by atoms with van der Waals surface area (Å²) in [6.45, 7) is 6.21. The summed E-state index contributed by atoms with van der Waals surface area (Å²) in [5.41, 5.74) is 0.0513. The zero-order valence-electron chi connectivity index (χ0n) is 10.7. The van der Waals surface area contributed by atoms with Crippen molar-refractivity contribution < 1.29 is 26.4 Å². The lowest BCUT2D eigenvalue weighted by Gasteiger charge is -2.26. The van der Waals surface area contributed by atoms with Crippen LogP contribution in [-0.4, -0.2) is 45.3 Å². The molecule has 0 bridgehead atoms. The highest BCUT2D eigenvalue weighted by atomic mass is 32.3. The van der Waals surface area contributed by atoms with Crippen molar-refractivity contribution in [3.05, 3.63) is 12.2 Å². The average molecular weight is 299 g/mol. The monoisotopic (exact) mass is 299 g/mol. The first-order valence-electron chi connectivity index (χ1n) is 4.97. The number of esters is 1. The summed E-state index contributed by atoms with van der Waals surface area (Å²) in [4.78, 5) is 11.3. The van der Waals surface area contributed by atoms with E-state index in [1.807, 2.05) is 0 Å². The molecule has 0 aromatic carbocycles. The van der Waals surface area contributed by atoms with E-state index < -0.39 is 32.2 Å². The van der Waals surface area contributed by atoms with Crippen molar-refractivity contribution in [2.45, 2.75) is 26.5 Å². The molecule has 0 saturated carbocycles. The van der Waals surface area contributed by atoms with E-state index in [2.05, 4.69) is 6.58 Å². The summed E-state index contributed by atoms with van der Waals surface area (Å²) >= 11 is 0. The zero-order valence-corrected chi connectivity index (χ0v) is 12.3. The Morgan fingerprint density at radius 2 is 1.61 bits per heavy atom. The minimum Gasteiger partial charge on any atom is -0.441 e. The van der Waals surface area contributed by atoms with Crippen molar-refractivity contribution in [3.8, 4) is 0 Å². The van der Waals surface area contributed by atoms with Crippen molar-refractivity contribution in [1.82, 2.24) is 3.71 Å². The van der Waals surface area contributed by atoms with Gasteiger partial charge in [0.15, 0.2) is 6.23 Å². The Morgan fingerprint density at radius 3 is 1.83 bits per heavy atom. The van der Waals surface area contributed by atoms with Crippen LogP contribution < -0.4 is 0 Å². The van der Waals surface area contributed by atoms with Crippen LogP contribution in [0, 0.1) is 0 Å². The number of hydrogen-bond acceptors (Lipinski definition) is 6. The van der Waals surface area contributed by atoms with Crippen LogP contribution in [0.15, 0.2) is 12.2 Å². The first-order valence-corrected chi connectivity index (χ1v) is 8.67. The molecule has 106 valence electrons. The molecule has 0 amide bonds. The number of sulfonamides is 2. The number of carbonyl (C=O) groups excluding carboxylic acids is 1. The lowest BCUT2D eigenvalue weighted by molar-refractivity contribution is -0.147. The maximum absolute atomic E-state index is 11.5. The molecule has 0 aliphatic rings. The van der Waals surface area contributed by atoms with Gasteiger partial charge in [-0.05, 0) is 13.3 Å². The van der Waals surface area contributed by atoms with E-state index in [0.29, 0.717) is 0 Å². The smallest absolute Gasteiger partial charge is 0.334 e. The van der Waals surface area contributed by atoms with Gasteiger partial charge in [-0.3, -0.25) is 0 Å². The first-order chi connectivity index (χ1) is 7.91. The molecule has 0 saturated heterocycles. The number of rotatable bonds is 6. The van der Waals surface area contributed by atoms with Gasteiger partial charge < -0.3 is 4.74 Å². The standard InChI is InChI=1S/C9H17NO6S2/c1-6-8(16-9(11)7(2)3)10(17(4,12)13)18(5,14)15/h8H,2,6H2,1,3-5H3. The van der Waals surface area contributed by atoms with E-state index in [4.69, 9.17) is 4.74 Å². The quantitative estimate of drug-likeness (QED) is 0.391. The molecular weight excluding hydrogens is 282 g/mol. The number of carbonyl (C=O) groups is 1. The van der Waals surface area contributed by atoms with E-state index >= 15 is 0 Å². The molecule has 1 unspecified atom stereocenters. The average Bonchev–Trinajstić information content (AvgIpc) is 2.11. The van der Waals surface area contributed by atoms with Gasteiger partial charge in [0, 0.05) is 5.57 Å². The van der Waals surface area contributed by atoms with Gasteiger partial charge in [0.05, 0.1) is 12.5 Å². The molecule has 0 N–H and O–H groups in total. The van der Waals surface area contributed by atoms with Crippen LogP contribution in [0.4, 0.5) is 0 Å². The summed E-state index contributed by atoms with van der Waals surface area (Å²) in [6, 6.07) is 0. The Bertz CT molecular complexity index is 501. The van der Waals surface area contributed by atoms with Gasteiger partial charge in [-0.25, -0.2) is 21.6 Å². The van der Waals surface area contributed by atoms with E-state index in [0.717, 1.165) is 12.5 Å². The van der Waals surface area contributed by atoms with Crippen LogP contribution >= 0.6 is 0 Å². The fourth-order valence-corrected chi connectivity index (χ4v) is 4.38. The lowest BCUT2D eigenvalue weighted by atomic mass is 10.3. The Balaban J connectivity index is 5.47. The molecule has 0 heterocycles. The van der Waals surface area contributed by atoms with Gasteiger partial charge >= 0.3 is 5.97 Å². The highest BCUT2D eigenvalue weighted by molar-refractivity contribution is 8.03. The molecular formula is C9H17NO6S2. The van der Waals surface area contributed by atoms with Crippen LogP contribution in [0.5, 0.6) is 0 Å². The zero-order chi connectivity index (χ0) is 14.7. The normalized spacial score (nSPS) is 14.3. The fourth-order valence-electron chi connectivity index (χ4n) is 1.17. The Hall–Kier alpha value is -0.930. The van der Waals surface area contributed by atoms with Crippen LogP contribution in [0.3, 0.4) is 0 Å². The second-order valence-electron chi connectivity index (χ2n) is 3.80. The SMILES string of the molecule is C=C(C)C(=O)OC(CC)N(S(C)(=O)=O)S(C)(=O)=O. The molecule has 7 nitrogen and oxygen atoms in total.